The maximum absolute atomic E-state index is 12.2. The number of anilines is 1. The van der Waals surface area contributed by atoms with E-state index in [1.165, 1.54) is 17.3 Å². The maximum atomic E-state index is 12.2. The van der Waals surface area contributed by atoms with Crippen LogP contribution in [0.5, 0.6) is 0 Å². The Hall–Kier alpha value is -1.76. The van der Waals surface area contributed by atoms with Gasteiger partial charge in [0.15, 0.2) is 10.8 Å². The first kappa shape index (κ1) is 19.0. The fraction of sp³-hybridized carbons (Fsp3) is 0.278. The Morgan fingerprint density at radius 1 is 1.27 bits per heavy atom. The topological polar surface area (TPSA) is 59.3 Å². The third-order valence-electron chi connectivity index (χ3n) is 4.10. The molecule has 0 fully saturated rings. The fourth-order valence-corrected chi connectivity index (χ4v) is 3.68. The summed E-state index contributed by atoms with van der Waals surface area (Å²) < 4.78 is 1.68. The van der Waals surface area contributed by atoms with Gasteiger partial charge in [-0.15, -0.1) is 10.2 Å². The molecule has 0 aliphatic heterocycles. The number of thioether (sulfide) groups is 1. The van der Waals surface area contributed by atoms with E-state index in [-0.39, 0.29) is 11.7 Å². The molecule has 5 nitrogen and oxygen atoms in total. The van der Waals surface area contributed by atoms with Gasteiger partial charge in [-0.3, -0.25) is 9.20 Å². The van der Waals surface area contributed by atoms with E-state index in [1.807, 2.05) is 24.3 Å². The van der Waals surface area contributed by atoms with Crippen molar-refractivity contribution in [2.45, 2.75) is 31.3 Å². The molecular weight excluding hydrogens is 391 g/mol. The Kier molecular flexibility index (Phi) is 6.06. The molecule has 0 aliphatic carbocycles. The van der Waals surface area contributed by atoms with Gasteiger partial charge in [0, 0.05) is 11.9 Å². The zero-order chi connectivity index (χ0) is 18.7. The Morgan fingerprint density at radius 3 is 2.69 bits per heavy atom. The van der Waals surface area contributed by atoms with Gasteiger partial charge in [0.05, 0.1) is 15.8 Å². The highest BCUT2D eigenvalue weighted by Crippen LogP contribution is 2.25. The normalized spacial score (nSPS) is 12.3. The molecule has 0 unspecified atom stereocenters. The summed E-state index contributed by atoms with van der Waals surface area (Å²) in [7, 11) is 0. The molecule has 0 bridgehead atoms. The first-order valence-electron chi connectivity index (χ1n) is 8.20. The molecule has 26 heavy (non-hydrogen) atoms. The number of pyridine rings is 1. The summed E-state index contributed by atoms with van der Waals surface area (Å²) in [5.74, 6) is 0.601. The molecule has 0 radical (unpaired) electrons. The number of hydrogen-bond donors (Lipinski definition) is 1. The highest BCUT2D eigenvalue weighted by molar-refractivity contribution is 7.99. The summed E-state index contributed by atoms with van der Waals surface area (Å²) in [6.07, 6.45) is 2.76. The molecule has 1 amide bonds. The second-order valence-electron chi connectivity index (χ2n) is 5.95. The summed E-state index contributed by atoms with van der Waals surface area (Å²) in [5.41, 5.74) is 2.56. The fourth-order valence-electron chi connectivity index (χ4n) is 2.46. The molecule has 136 valence electrons. The Labute approximate surface area is 166 Å². The smallest absolute Gasteiger partial charge is 0.234 e. The third-order valence-corrected chi connectivity index (χ3v) is 5.53. The molecular formula is C18H18Cl2N4OS. The van der Waals surface area contributed by atoms with Crippen molar-refractivity contribution in [3.63, 3.8) is 0 Å². The monoisotopic (exact) mass is 408 g/mol. The molecule has 0 saturated heterocycles. The lowest BCUT2D eigenvalue weighted by atomic mass is 9.99. The SMILES string of the molecule is CC[C@H](C)c1ccc(NC(=O)CSc2nnc3c(Cl)cc(Cl)cn23)cc1. The number of carbonyl (C=O) groups is 1. The number of benzene rings is 1. The van der Waals surface area contributed by atoms with Crippen LogP contribution in [-0.2, 0) is 4.79 Å². The van der Waals surface area contributed by atoms with Crippen molar-refractivity contribution in [2.75, 3.05) is 11.1 Å². The number of rotatable bonds is 6. The van der Waals surface area contributed by atoms with Crippen molar-refractivity contribution < 1.29 is 4.79 Å². The van der Waals surface area contributed by atoms with E-state index in [2.05, 4.69) is 29.4 Å². The Balaban J connectivity index is 1.62. The second kappa shape index (κ2) is 8.29. The van der Waals surface area contributed by atoms with Crippen LogP contribution in [0.3, 0.4) is 0 Å². The van der Waals surface area contributed by atoms with Crippen molar-refractivity contribution >= 4 is 52.2 Å². The van der Waals surface area contributed by atoms with Crippen LogP contribution in [0.4, 0.5) is 5.69 Å². The lowest BCUT2D eigenvalue weighted by Gasteiger charge is -2.10. The van der Waals surface area contributed by atoms with Gasteiger partial charge in [0.1, 0.15) is 0 Å². The number of carbonyl (C=O) groups excluding carboxylic acids is 1. The van der Waals surface area contributed by atoms with E-state index in [0.717, 1.165) is 12.1 Å². The van der Waals surface area contributed by atoms with Crippen molar-refractivity contribution in [2.24, 2.45) is 0 Å². The standard InChI is InChI=1S/C18H18Cl2N4OS/c1-3-11(2)12-4-6-14(7-5-12)21-16(25)10-26-18-23-22-17-15(20)8-13(19)9-24(17)18/h4-9,11H,3,10H2,1-2H3,(H,21,25)/t11-/m0/s1. The minimum absolute atomic E-state index is 0.115. The van der Waals surface area contributed by atoms with E-state index in [4.69, 9.17) is 23.2 Å². The van der Waals surface area contributed by atoms with E-state index in [1.54, 1.807) is 16.7 Å². The molecule has 1 atom stereocenters. The molecule has 2 aromatic heterocycles. The van der Waals surface area contributed by atoms with Crippen LogP contribution in [0.2, 0.25) is 10.0 Å². The van der Waals surface area contributed by atoms with Gasteiger partial charge in [-0.1, -0.05) is 60.9 Å². The predicted octanol–water partition coefficient (Wildman–Crippen LogP) is 5.28. The molecule has 3 aromatic rings. The van der Waals surface area contributed by atoms with Gasteiger partial charge < -0.3 is 5.32 Å². The lowest BCUT2D eigenvalue weighted by Crippen LogP contribution is -2.14. The molecule has 1 aromatic carbocycles. The Bertz CT molecular complexity index is 927. The van der Waals surface area contributed by atoms with Gasteiger partial charge >= 0.3 is 0 Å². The molecule has 0 saturated carbocycles. The van der Waals surface area contributed by atoms with Crippen molar-refractivity contribution in [1.82, 2.24) is 14.6 Å². The van der Waals surface area contributed by atoms with E-state index in [0.29, 0.717) is 26.8 Å². The molecule has 1 N–H and O–H groups in total. The molecule has 0 aliphatic rings. The van der Waals surface area contributed by atoms with Crippen molar-refractivity contribution in [1.29, 1.82) is 0 Å². The van der Waals surface area contributed by atoms with Crippen LogP contribution in [0.25, 0.3) is 5.65 Å². The summed E-state index contributed by atoms with van der Waals surface area (Å²) in [6, 6.07) is 9.56. The van der Waals surface area contributed by atoms with Crippen LogP contribution in [0.15, 0.2) is 41.7 Å². The summed E-state index contributed by atoms with van der Waals surface area (Å²) in [5, 5.41) is 12.4. The molecule has 2 heterocycles. The van der Waals surface area contributed by atoms with E-state index < -0.39 is 0 Å². The van der Waals surface area contributed by atoms with Crippen LogP contribution in [-0.4, -0.2) is 26.3 Å². The lowest BCUT2D eigenvalue weighted by molar-refractivity contribution is -0.113. The first-order chi connectivity index (χ1) is 12.5. The number of nitrogens with zero attached hydrogens (tertiary/aromatic N) is 3. The number of fused-ring (bicyclic) bond motifs is 1. The van der Waals surface area contributed by atoms with Gasteiger partial charge in [0.25, 0.3) is 0 Å². The van der Waals surface area contributed by atoms with Gasteiger partial charge in [0.2, 0.25) is 5.91 Å². The van der Waals surface area contributed by atoms with Crippen molar-refractivity contribution in [3.8, 4) is 0 Å². The van der Waals surface area contributed by atoms with Crippen LogP contribution >= 0.6 is 35.0 Å². The Morgan fingerprint density at radius 2 is 2.00 bits per heavy atom. The highest BCUT2D eigenvalue weighted by Gasteiger charge is 2.12. The average Bonchev–Trinajstić information content (AvgIpc) is 3.03. The number of aromatic nitrogens is 3. The molecule has 3 rings (SSSR count). The van der Waals surface area contributed by atoms with Crippen molar-refractivity contribution in [3.05, 3.63) is 52.1 Å². The van der Waals surface area contributed by atoms with Gasteiger partial charge in [-0.25, -0.2) is 0 Å². The number of halogens is 2. The summed E-state index contributed by atoms with van der Waals surface area (Å²) >= 11 is 13.4. The zero-order valence-electron chi connectivity index (χ0n) is 14.4. The number of hydrogen-bond acceptors (Lipinski definition) is 4. The zero-order valence-corrected chi connectivity index (χ0v) is 16.7. The van der Waals surface area contributed by atoms with E-state index >= 15 is 0 Å². The van der Waals surface area contributed by atoms with Gasteiger partial charge in [-0.05, 0) is 36.1 Å². The molecule has 0 spiro atoms. The number of nitrogens with one attached hydrogen (secondary N) is 1. The van der Waals surface area contributed by atoms with Crippen LogP contribution < -0.4 is 5.32 Å². The van der Waals surface area contributed by atoms with Crippen LogP contribution in [0, 0.1) is 0 Å². The van der Waals surface area contributed by atoms with Crippen LogP contribution in [0.1, 0.15) is 31.7 Å². The summed E-state index contributed by atoms with van der Waals surface area (Å²) in [6.45, 7) is 4.34. The first-order valence-corrected chi connectivity index (χ1v) is 9.94. The highest BCUT2D eigenvalue weighted by atomic mass is 35.5. The summed E-state index contributed by atoms with van der Waals surface area (Å²) in [4.78, 5) is 12.2. The maximum Gasteiger partial charge on any atom is 0.234 e. The number of amides is 1. The second-order valence-corrected chi connectivity index (χ2v) is 7.74. The predicted molar refractivity (Wildman–Crippen MR) is 108 cm³/mol. The van der Waals surface area contributed by atoms with E-state index in [9.17, 15) is 4.79 Å². The average molecular weight is 409 g/mol. The van der Waals surface area contributed by atoms with Gasteiger partial charge in [-0.2, -0.15) is 0 Å². The third kappa shape index (κ3) is 4.31. The minimum Gasteiger partial charge on any atom is -0.325 e. The largest absolute Gasteiger partial charge is 0.325 e. The molecule has 8 heteroatoms. The quantitative estimate of drug-likeness (QED) is 0.563. The minimum atomic E-state index is -0.115.